The summed E-state index contributed by atoms with van der Waals surface area (Å²) < 4.78 is 14.2. The summed E-state index contributed by atoms with van der Waals surface area (Å²) >= 11 is 9.75. The van der Waals surface area contributed by atoms with Gasteiger partial charge in [0.05, 0.1) is 23.7 Å². The van der Waals surface area contributed by atoms with Gasteiger partial charge in [-0.3, -0.25) is 4.79 Å². The van der Waals surface area contributed by atoms with E-state index in [9.17, 15) is 4.79 Å². The minimum Gasteiger partial charge on any atom is -0.490 e. The van der Waals surface area contributed by atoms with Crippen molar-refractivity contribution in [3.8, 4) is 11.5 Å². The van der Waals surface area contributed by atoms with Crippen molar-refractivity contribution in [3.63, 3.8) is 0 Å². The molecule has 3 aromatic carbocycles. The summed E-state index contributed by atoms with van der Waals surface area (Å²) in [6.07, 6.45) is 7.19. The van der Waals surface area contributed by atoms with Crippen LogP contribution in [0, 0.1) is 0 Å². The highest BCUT2D eigenvalue weighted by Gasteiger charge is 2.22. The van der Waals surface area contributed by atoms with E-state index in [1.165, 1.54) is 11.1 Å². The average Bonchev–Trinajstić information content (AvgIpc) is 2.93. The summed E-state index contributed by atoms with van der Waals surface area (Å²) in [5.74, 6) is 2.15. The molecule has 0 N–H and O–H groups in total. The summed E-state index contributed by atoms with van der Waals surface area (Å²) in [6.45, 7) is 2.73. The molecule has 196 valence electrons. The van der Waals surface area contributed by atoms with E-state index in [0.717, 1.165) is 47.1 Å². The lowest BCUT2D eigenvalue weighted by atomic mass is 9.88. The highest BCUT2D eigenvalue weighted by atomic mass is 79.9. The molecule has 5 rings (SSSR count). The van der Waals surface area contributed by atoms with Crippen LogP contribution in [0.2, 0.25) is 5.02 Å². The van der Waals surface area contributed by atoms with Crippen molar-refractivity contribution in [1.29, 1.82) is 0 Å². The number of benzene rings is 3. The molecule has 0 atom stereocenters. The Labute approximate surface area is 235 Å². The van der Waals surface area contributed by atoms with Crippen LogP contribution in [-0.2, 0) is 6.61 Å². The molecule has 4 aromatic rings. The van der Waals surface area contributed by atoms with E-state index in [1.54, 1.807) is 12.3 Å². The van der Waals surface area contributed by atoms with E-state index >= 15 is 0 Å². The minimum atomic E-state index is -0.169. The third kappa shape index (κ3) is 5.94. The van der Waals surface area contributed by atoms with Gasteiger partial charge < -0.3 is 9.47 Å². The fourth-order valence-electron chi connectivity index (χ4n) is 4.79. The molecule has 38 heavy (non-hydrogen) atoms. The second-order valence-corrected chi connectivity index (χ2v) is 10.7. The topological polar surface area (TPSA) is 65.7 Å². The zero-order valence-electron chi connectivity index (χ0n) is 21.2. The van der Waals surface area contributed by atoms with Crippen molar-refractivity contribution in [2.75, 3.05) is 6.61 Å². The van der Waals surface area contributed by atoms with Crippen molar-refractivity contribution in [3.05, 3.63) is 97.5 Å². The molecule has 1 heterocycles. The van der Waals surface area contributed by atoms with Gasteiger partial charge in [0.15, 0.2) is 11.5 Å². The van der Waals surface area contributed by atoms with Crippen LogP contribution in [0.3, 0.4) is 0 Å². The number of hydrogen-bond acceptors (Lipinski definition) is 5. The molecule has 8 heteroatoms. The Kier molecular flexibility index (Phi) is 8.45. The van der Waals surface area contributed by atoms with E-state index in [2.05, 4.69) is 21.0 Å². The number of nitrogens with zero attached hydrogens (tertiary/aromatic N) is 3. The van der Waals surface area contributed by atoms with E-state index in [4.69, 9.17) is 26.1 Å². The molecule has 0 bridgehead atoms. The molecule has 0 saturated heterocycles. The lowest BCUT2D eigenvalue weighted by molar-refractivity contribution is 0.269. The minimum absolute atomic E-state index is 0.169. The van der Waals surface area contributed by atoms with Crippen molar-refractivity contribution in [1.82, 2.24) is 9.66 Å². The molecule has 1 aromatic heterocycles. The SMILES string of the molecule is CCOc1cc(C=Nn2c(C3CCCCC3)nc3ccc(Br)cc3c2=O)ccc1OCc1ccccc1Cl. The van der Waals surface area contributed by atoms with E-state index in [0.29, 0.717) is 40.6 Å². The van der Waals surface area contributed by atoms with Gasteiger partial charge in [-0.2, -0.15) is 9.78 Å². The van der Waals surface area contributed by atoms with Crippen molar-refractivity contribution >= 4 is 44.6 Å². The molecular formula is C30H29BrClN3O3. The Bertz CT molecular complexity index is 1530. The molecule has 1 saturated carbocycles. The smallest absolute Gasteiger partial charge is 0.282 e. The lowest BCUT2D eigenvalue weighted by Gasteiger charge is -2.22. The van der Waals surface area contributed by atoms with Gasteiger partial charge in [-0.25, -0.2) is 4.98 Å². The van der Waals surface area contributed by atoms with Crippen LogP contribution in [0.4, 0.5) is 0 Å². The largest absolute Gasteiger partial charge is 0.490 e. The molecule has 1 fully saturated rings. The van der Waals surface area contributed by atoms with Gasteiger partial charge in [0.25, 0.3) is 5.56 Å². The maximum absolute atomic E-state index is 13.6. The van der Waals surface area contributed by atoms with Crippen molar-refractivity contribution in [2.24, 2.45) is 5.10 Å². The summed E-state index contributed by atoms with van der Waals surface area (Å²) in [5, 5.41) is 5.85. The highest BCUT2D eigenvalue weighted by Crippen LogP contribution is 2.33. The average molecular weight is 595 g/mol. The molecular weight excluding hydrogens is 566 g/mol. The monoisotopic (exact) mass is 593 g/mol. The van der Waals surface area contributed by atoms with Gasteiger partial charge >= 0.3 is 0 Å². The first-order valence-electron chi connectivity index (χ1n) is 12.9. The molecule has 0 aliphatic heterocycles. The first-order valence-corrected chi connectivity index (χ1v) is 14.1. The van der Waals surface area contributed by atoms with Gasteiger partial charge in [0.2, 0.25) is 0 Å². The summed E-state index contributed by atoms with van der Waals surface area (Å²) in [4.78, 5) is 18.5. The molecule has 1 aliphatic rings. The van der Waals surface area contributed by atoms with Crippen LogP contribution in [0.15, 0.2) is 75.0 Å². The second-order valence-electron chi connectivity index (χ2n) is 9.35. The Morgan fingerprint density at radius 2 is 1.87 bits per heavy atom. The van der Waals surface area contributed by atoms with Crippen LogP contribution in [0.25, 0.3) is 10.9 Å². The van der Waals surface area contributed by atoms with Crippen LogP contribution >= 0.6 is 27.5 Å². The van der Waals surface area contributed by atoms with Gasteiger partial charge in [0, 0.05) is 21.0 Å². The number of rotatable bonds is 8. The molecule has 0 spiro atoms. The van der Waals surface area contributed by atoms with Gasteiger partial charge in [-0.05, 0) is 67.8 Å². The molecule has 6 nitrogen and oxygen atoms in total. The van der Waals surface area contributed by atoms with Gasteiger partial charge in [-0.1, -0.05) is 65.0 Å². The zero-order valence-corrected chi connectivity index (χ0v) is 23.5. The fraction of sp³-hybridized carbons (Fsp3) is 0.300. The van der Waals surface area contributed by atoms with E-state index in [1.807, 2.05) is 61.5 Å². The summed E-state index contributed by atoms with van der Waals surface area (Å²) in [6, 6.07) is 18.8. The molecule has 0 amide bonds. The Hall–Kier alpha value is -3.16. The predicted molar refractivity (Wildman–Crippen MR) is 156 cm³/mol. The number of aromatic nitrogens is 2. The van der Waals surface area contributed by atoms with Crippen LogP contribution in [0.1, 0.15) is 61.9 Å². The quantitative estimate of drug-likeness (QED) is 0.196. The number of halogens is 2. The van der Waals surface area contributed by atoms with E-state index in [-0.39, 0.29) is 11.5 Å². The van der Waals surface area contributed by atoms with Crippen LogP contribution < -0.4 is 15.0 Å². The van der Waals surface area contributed by atoms with Crippen molar-refractivity contribution < 1.29 is 9.47 Å². The normalized spacial score (nSPS) is 14.3. The van der Waals surface area contributed by atoms with Gasteiger partial charge in [-0.15, -0.1) is 0 Å². The molecule has 0 radical (unpaired) electrons. The summed E-state index contributed by atoms with van der Waals surface area (Å²) in [7, 11) is 0. The Morgan fingerprint density at radius 3 is 2.66 bits per heavy atom. The third-order valence-corrected chi connectivity index (χ3v) is 7.60. The molecule has 0 unspecified atom stereocenters. The number of hydrogen-bond donors (Lipinski definition) is 0. The maximum atomic E-state index is 13.6. The van der Waals surface area contributed by atoms with Crippen molar-refractivity contribution in [2.45, 2.75) is 51.6 Å². The third-order valence-electron chi connectivity index (χ3n) is 6.73. The standard InChI is InChI=1S/C30H29BrClN3O3/c1-2-37-28-16-20(12-15-27(28)38-19-22-10-6-7-11-25(22)32)18-33-35-29(21-8-4-3-5-9-21)34-26-14-13-23(31)17-24(26)30(35)36/h6-7,10-18,21H,2-5,8-9,19H2,1H3. The zero-order chi connectivity index (χ0) is 26.5. The Balaban J connectivity index is 1.48. The highest BCUT2D eigenvalue weighted by molar-refractivity contribution is 9.10. The lowest BCUT2D eigenvalue weighted by Crippen LogP contribution is -2.25. The first kappa shape index (κ1) is 26.4. The number of ether oxygens (including phenoxy) is 2. The van der Waals surface area contributed by atoms with Gasteiger partial charge in [0.1, 0.15) is 12.4 Å². The second kappa shape index (κ2) is 12.1. The van der Waals surface area contributed by atoms with Crippen LogP contribution in [-0.4, -0.2) is 22.5 Å². The predicted octanol–water partition coefficient (Wildman–Crippen LogP) is 7.72. The maximum Gasteiger partial charge on any atom is 0.282 e. The first-order chi connectivity index (χ1) is 18.5. The Morgan fingerprint density at radius 1 is 1.05 bits per heavy atom. The number of fused-ring (bicyclic) bond motifs is 1. The van der Waals surface area contributed by atoms with Crippen LogP contribution in [0.5, 0.6) is 11.5 Å². The van der Waals surface area contributed by atoms with E-state index < -0.39 is 0 Å². The fourth-order valence-corrected chi connectivity index (χ4v) is 5.34. The molecule has 1 aliphatic carbocycles. The summed E-state index contributed by atoms with van der Waals surface area (Å²) in [5.41, 5.74) is 2.21.